The van der Waals surface area contributed by atoms with Crippen LogP contribution in [-0.2, 0) is 9.59 Å². The Hall–Kier alpha value is -2.04. The summed E-state index contributed by atoms with van der Waals surface area (Å²) in [5.74, 6) is -0.924. The van der Waals surface area contributed by atoms with Gasteiger partial charge in [0.05, 0.1) is 0 Å². The maximum absolute atomic E-state index is 11.1. The summed E-state index contributed by atoms with van der Waals surface area (Å²) in [4.78, 5) is 23.8. The minimum absolute atomic E-state index is 0.109. The number of primary amides is 1. The molecule has 0 aromatic heterocycles. The molecule has 1 aromatic carbocycles. The highest BCUT2D eigenvalue weighted by molar-refractivity contribution is 5.95. The molecule has 1 aliphatic heterocycles. The van der Waals surface area contributed by atoms with Gasteiger partial charge in [-0.25, -0.2) is 5.32 Å². The van der Waals surface area contributed by atoms with Crippen molar-refractivity contribution in [3.8, 4) is 0 Å². The second-order valence-corrected chi connectivity index (χ2v) is 3.26. The van der Waals surface area contributed by atoms with Crippen LogP contribution in [0.3, 0.4) is 0 Å². The first-order valence-electron chi connectivity index (χ1n) is 4.53. The van der Waals surface area contributed by atoms with Crippen molar-refractivity contribution in [2.24, 2.45) is 5.73 Å². The lowest BCUT2D eigenvalue weighted by Crippen LogP contribution is -2.44. The van der Waals surface area contributed by atoms with Crippen LogP contribution >= 0.6 is 0 Å². The van der Waals surface area contributed by atoms with E-state index in [4.69, 9.17) is 5.73 Å². The zero-order valence-corrected chi connectivity index (χ0v) is 7.96. The Morgan fingerprint density at radius 2 is 2.07 bits per heavy atom. The largest absolute Gasteiger partial charge is 0.366 e. The molecule has 1 aromatic rings. The van der Waals surface area contributed by atoms with E-state index in [1.165, 1.54) is 0 Å². The third-order valence-electron chi connectivity index (χ3n) is 2.21. The molecule has 5 heteroatoms. The van der Waals surface area contributed by atoms with Gasteiger partial charge in [0.2, 0.25) is 6.17 Å². The molecular weight excluding hydrogens is 194 g/mol. The smallest absolute Gasteiger partial charge is 0.263 e. The molecule has 2 rings (SSSR count). The van der Waals surface area contributed by atoms with E-state index in [1.807, 2.05) is 30.3 Å². The van der Waals surface area contributed by atoms with Crippen LogP contribution in [-0.4, -0.2) is 24.5 Å². The predicted octanol–water partition coefficient (Wildman–Crippen LogP) is -0.551. The second kappa shape index (κ2) is 3.61. The number of hydrogen-bond donors (Lipinski definition) is 1. The summed E-state index contributed by atoms with van der Waals surface area (Å²) in [5.41, 5.74) is 5.94. The molecule has 0 spiro atoms. The van der Waals surface area contributed by atoms with Crippen molar-refractivity contribution in [3.05, 3.63) is 30.3 Å². The molecule has 0 aliphatic carbocycles. The van der Waals surface area contributed by atoms with Gasteiger partial charge in [-0.2, -0.15) is 0 Å². The minimum Gasteiger partial charge on any atom is -0.366 e. The molecule has 1 unspecified atom stereocenters. The van der Waals surface area contributed by atoms with Crippen LogP contribution < -0.4 is 16.0 Å². The van der Waals surface area contributed by atoms with Gasteiger partial charge in [0.25, 0.3) is 11.8 Å². The number of carbonyl (C=O) groups excluding carboxylic acids is 2. The number of rotatable bonds is 2. The van der Waals surface area contributed by atoms with E-state index in [-0.39, 0.29) is 12.5 Å². The Morgan fingerprint density at radius 3 is 2.67 bits per heavy atom. The van der Waals surface area contributed by atoms with Crippen molar-refractivity contribution in [3.63, 3.8) is 0 Å². The zero-order chi connectivity index (χ0) is 10.8. The van der Waals surface area contributed by atoms with E-state index in [9.17, 15) is 9.59 Å². The SMILES string of the molecule is NC(=O)C1[N]C(=O)CN1c1ccccc1. The number of hydrogen-bond acceptors (Lipinski definition) is 3. The molecule has 5 nitrogen and oxygen atoms in total. The second-order valence-electron chi connectivity index (χ2n) is 3.26. The monoisotopic (exact) mass is 204 g/mol. The van der Waals surface area contributed by atoms with Crippen LogP contribution in [0.5, 0.6) is 0 Å². The zero-order valence-electron chi connectivity index (χ0n) is 7.96. The summed E-state index contributed by atoms with van der Waals surface area (Å²) in [6.07, 6.45) is -0.861. The van der Waals surface area contributed by atoms with E-state index in [0.29, 0.717) is 0 Å². The first-order valence-corrected chi connectivity index (χ1v) is 4.53. The van der Waals surface area contributed by atoms with Crippen LogP contribution in [0.25, 0.3) is 0 Å². The maximum atomic E-state index is 11.1. The van der Waals surface area contributed by atoms with Crippen LogP contribution in [0, 0.1) is 0 Å². The summed E-state index contributed by atoms with van der Waals surface area (Å²) in [7, 11) is 0. The number of para-hydroxylation sites is 1. The minimum atomic E-state index is -0.861. The summed E-state index contributed by atoms with van der Waals surface area (Å²) in [6.45, 7) is 0.109. The average molecular weight is 204 g/mol. The van der Waals surface area contributed by atoms with E-state index >= 15 is 0 Å². The van der Waals surface area contributed by atoms with Gasteiger partial charge >= 0.3 is 0 Å². The average Bonchev–Trinajstić information content (AvgIpc) is 2.62. The lowest BCUT2D eigenvalue weighted by Gasteiger charge is -2.21. The summed E-state index contributed by atoms with van der Waals surface area (Å²) >= 11 is 0. The Morgan fingerprint density at radius 1 is 1.40 bits per heavy atom. The van der Waals surface area contributed by atoms with E-state index in [1.54, 1.807) is 4.90 Å². The highest BCUT2D eigenvalue weighted by Crippen LogP contribution is 2.18. The molecule has 2 amide bonds. The highest BCUT2D eigenvalue weighted by Gasteiger charge is 2.35. The molecule has 15 heavy (non-hydrogen) atoms. The van der Waals surface area contributed by atoms with Gasteiger partial charge in [0.15, 0.2) is 0 Å². The number of anilines is 1. The fourth-order valence-corrected chi connectivity index (χ4v) is 1.55. The van der Waals surface area contributed by atoms with Crippen LogP contribution in [0.15, 0.2) is 30.3 Å². The third-order valence-corrected chi connectivity index (χ3v) is 2.21. The molecular formula is C10H10N3O2. The third kappa shape index (κ3) is 1.76. The van der Waals surface area contributed by atoms with Crippen molar-refractivity contribution in [1.29, 1.82) is 0 Å². The van der Waals surface area contributed by atoms with Gasteiger partial charge in [0.1, 0.15) is 6.54 Å². The topological polar surface area (TPSA) is 77.5 Å². The van der Waals surface area contributed by atoms with Crippen molar-refractivity contribution in [2.75, 3.05) is 11.4 Å². The first-order chi connectivity index (χ1) is 7.18. The predicted molar refractivity (Wildman–Crippen MR) is 53.9 cm³/mol. The number of nitrogens with zero attached hydrogens (tertiary/aromatic N) is 2. The van der Waals surface area contributed by atoms with E-state index < -0.39 is 12.1 Å². The van der Waals surface area contributed by atoms with Crippen molar-refractivity contribution >= 4 is 17.5 Å². The van der Waals surface area contributed by atoms with Gasteiger partial charge in [-0.15, -0.1) is 0 Å². The summed E-state index contributed by atoms with van der Waals surface area (Å²) in [6, 6.07) is 9.14. The van der Waals surface area contributed by atoms with Gasteiger partial charge in [-0.3, -0.25) is 9.59 Å². The number of benzene rings is 1. The van der Waals surface area contributed by atoms with Gasteiger partial charge in [-0.1, -0.05) is 18.2 Å². The van der Waals surface area contributed by atoms with Gasteiger partial charge in [-0.05, 0) is 12.1 Å². The molecule has 1 aliphatic rings. The van der Waals surface area contributed by atoms with Crippen molar-refractivity contribution in [2.45, 2.75) is 6.17 Å². The van der Waals surface area contributed by atoms with E-state index in [0.717, 1.165) is 5.69 Å². The lowest BCUT2D eigenvalue weighted by molar-refractivity contribution is -0.123. The number of amides is 2. The molecule has 0 bridgehead atoms. The Bertz CT molecular complexity index is 391. The Labute approximate surface area is 86.9 Å². The molecule has 1 heterocycles. The molecule has 77 valence electrons. The molecule has 0 saturated carbocycles. The van der Waals surface area contributed by atoms with E-state index in [2.05, 4.69) is 5.32 Å². The molecule has 1 fully saturated rings. The number of carbonyl (C=O) groups is 2. The quantitative estimate of drug-likeness (QED) is 0.702. The van der Waals surface area contributed by atoms with Crippen LogP contribution in [0.4, 0.5) is 5.69 Å². The maximum Gasteiger partial charge on any atom is 0.263 e. The normalized spacial score (nSPS) is 20.1. The lowest BCUT2D eigenvalue weighted by atomic mass is 10.3. The fourth-order valence-electron chi connectivity index (χ4n) is 1.55. The first kappa shape index (κ1) is 9.51. The van der Waals surface area contributed by atoms with Gasteiger partial charge in [0, 0.05) is 5.69 Å². The van der Waals surface area contributed by atoms with Crippen molar-refractivity contribution in [1.82, 2.24) is 5.32 Å². The van der Waals surface area contributed by atoms with Crippen LogP contribution in [0.2, 0.25) is 0 Å². The molecule has 1 atom stereocenters. The summed E-state index contributed by atoms with van der Waals surface area (Å²) < 4.78 is 0. The van der Waals surface area contributed by atoms with Crippen LogP contribution in [0.1, 0.15) is 0 Å². The number of nitrogens with two attached hydrogens (primary N) is 1. The summed E-state index contributed by atoms with van der Waals surface area (Å²) in [5, 5.41) is 3.66. The standard InChI is InChI=1S/C10H10N3O2/c11-9(15)10-12-8(14)6-13(10)7-4-2-1-3-5-7/h1-5,10H,6H2,(H2,11,15). The molecule has 1 saturated heterocycles. The van der Waals surface area contributed by atoms with Gasteiger partial charge < -0.3 is 10.6 Å². The molecule has 1 radical (unpaired) electrons. The fraction of sp³-hybridized carbons (Fsp3) is 0.200. The highest BCUT2D eigenvalue weighted by atomic mass is 16.2. The van der Waals surface area contributed by atoms with Crippen molar-refractivity contribution < 1.29 is 9.59 Å². The Kier molecular flexibility index (Phi) is 2.29. The molecule has 2 N–H and O–H groups in total. The Balaban J connectivity index is 2.28.